The summed E-state index contributed by atoms with van der Waals surface area (Å²) in [6.45, 7) is 2.72. The van der Waals surface area contributed by atoms with Crippen LogP contribution in [-0.4, -0.2) is 38.3 Å². The third-order valence-electron chi connectivity index (χ3n) is 6.66. The first-order chi connectivity index (χ1) is 17.7. The molecular weight excluding hydrogens is 446 g/mol. The number of hydrogen-bond acceptors (Lipinski definition) is 4. The highest BCUT2D eigenvalue weighted by molar-refractivity contribution is 5.84. The molecule has 0 bridgehead atoms. The first-order valence-electron chi connectivity index (χ1n) is 12.3. The summed E-state index contributed by atoms with van der Waals surface area (Å²) in [6, 6.07) is 30.0. The van der Waals surface area contributed by atoms with Gasteiger partial charge in [0.2, 0.25) is 5.91 Å². The average molecular weight is 476 g/mol. The van der Waals surface area contributed by atoms with Crippen molar-refractivity contribution in [1.29, 1.82) is 5.26 Å². The van der Waals surface area contributed by atoms with E-state index in [0.29, 0.717) is 31.6 Å². The van der Waals surface area contributed by atoms with E-state index in [9.17, 15) is 4.79 Å². The van der Waals surface area contributed by atoms with Gasteiger partial charge in [0.05, 0.1) is 17.7 Å². The van der Waals surface area contributed by atoms with E-state index < -0.39 is 0 Å². The number of aromatic amines is 1. The van der Waals surface area contributed by atoms with Crippen LogP contribution in [0.1, 0.15) is 40.2 Å². The number of nitrogens with one attached hydrogen (secondary N) is 1. The number of benzene rings is 3. The molecule has 1 aromatic heterocycles. The predicted octanol–water partition coefficient (Wildman–Crippen LogP) is 4.68. The lowest BCUT2D eigenvalue weighted by molar-refractivity contribution is -0.133. The largest absolute Gasteiger partial charge is 0.345 e. The summed E-state index contributed by atoms with van der Waals surface area (Å²) in [5.41, 5.74) is 5.08. The van der Waals surface area contributed by atoms with Crippen LogP contribution in [0.4, 0.5) is 0 Å². The maximum Gasteiger partial charge on any atom is 0.240 e. The molecule has 1 N–H and O–H groups in total. The Morgan fingerprint density at radius 3 is 2.31 bits per heavy atom. The Kier molecular flexibility index (Phi) is 7.20. The van der Waals surface area contributed by atoms with Gasteiger partial charge in [-0.05, 0) is 35.2 Å². The summed E-state index contributed by atoms with van der Waals surface area (Å²) in [6.07, 6.45) is 3.35. The highest BCUT2D eigenvalue weighted by Crippen LogP contribution is 2.23. The minimum Gasteiger partial charge on any atom is -0.345 e. The van der Waals surface area contributed by atoms with E-state index in [4.69, 9.17) is 5.26 Å². The minimum absolute atomic E-state index is 0.167. The maximum atomic E-state index is 13.5. The first kappa shape index (κ1) is 23.5. The summed E-state index contributed by atoms with van der Waals surface area (Å²) < 4.78 is 0. The van der Waals surface area contributed by atoms with Crippen LogP contribution in [0.5, 0.6) is 0 Å². The predicted molar refractivity (Wildman–Crippen MR) is 139 cm³/mol. The molecule has 2 heterocycles. The maximum absolute atomic E-state index is 13.5. The van der Waals surface area contributed by atoms with Crippen LogP contribution >= 0.6 is 0 Å². The Labute approximate surface area is 211 Å². The van der Waals surface area contributed by atoms with Gasteiger partial charge in [-0.1, -0.05) is 72.8 Å². The van der Waals surface area contributed by atoms with Crippen molar-refractivity contribution in [1.82, 2.24) is 19.8 Å². The summed E-state index contributed by atoms with van der Waals surface area (Å²) >= 11 is 0. The third-order valence-corrected chi connectivity index (χ3v) is 6.66. The van der Waals surface area contributed by atoms with Gasteiger partial charge < -0.3 is 9.88 Å². The fourth-order valence-corrected chi connectivity index (χ4v) is 4.80. The molecule has 1 aliphatic rings. The van der Waals surface area contributed by atoms with E-state index in [1.54, 1.807) is 0 Å². The molecule has 3 aromatic carbocycles. The van der Waals surface area contributed by atoms with Crippen molar-refractivity contribution >= 4 is 5.91 Å². The zero-order chi connectivity index (χ0) is 24.7. The minimum atomic E-state index is -0.167. The smallest absolute Gasteiger partial charge is 0.240 e. The van der Waals surface area contributed by atoms with Crippen LogP contribution in [0.2, 0.25) is 0 Å². The van der Waals surface area contributed by atoms with E-state index in [-0.39, 0.29) is 11.9 Å². The number of likely N-dealkylation sites (tertiary alicyclic amines) is 1. The molecule has 1 atom stereocenters. The Balaban J connectivity index is 1.30. The van der Waals surface area contributed by atoms with Crippen LogP contribution in [0, 0.1) is 11.3 Å². The van der Waals surface area contributed by atoms with Gasteiger partial charge in [0, 0.05) is 44.5 Å². The van der Waals surface area contributed by atoms with E-state index in [1.165, 1.54) is 5.56 Å². The quantitative estimate of drug-likeness (QED) is 0.382. The number of amides is 1. The average Bonchev–Trinajstić information content (AvgIpc) is 3.51. The van der Waals surface area contributed by atoms with Crippen LogP contribution in [0.15, 0.2) is 91.1 Å². The lowest BCUT2D eigenvalue weighted by Gasteiger charge is -2.27. The van der Waals surface area contributed by atoms with E-state index >= 15 is 0 Å². The summed E-state index contributed by atoms with van der Waals surface area (Å²) in [5.74, 6) is 1.06. The van der Waals surface area contributed by atoms with Crippen molar-refractivity contribution in [3.63, 3.8) is 0 Å². The van der Waals surface area contributed by atoms with Gasteiger partial charge in [-0.3, -0.25) is 9.69 Å². The molecule has 36 heavy (non-hydrogen) atoms. The second-order valence-corrected chi connectivity index (χ2v) is 9.28. The topological polar surface area (TPSA) is 76.0 Å². The number of aromatic nitrogens is 2. The number of carbonyl (C=O) groups is 1. The molecule has 1 amide bonds. The molecule has 180 valence electrons. The molecule has 0 spiro atoms. The van der Waals surface area contributed by atoms with Crippen molar-refractivity contribution in [3.8, 4) is 6.07 Å². The first-order valence-corrected chi connectivity index (χ1v) is 12.3. The fourth-order valence-electron chi connectivity index (χ4n) is 4.80. The zero-order valence-corrected chi connectivity index (χ0v) is 20.2. The Bertz CT molecular complexity index is 1330. The van der Waals surface area contributed by atoms with Gasteiger partial charge in [-0.25, -0.2) is 4.98 Å². The summed E-state index contributed by atoms with van der Waals surface area (Å²) in [5, 5.41) is 9.01. The van der Waals surface area contributed by atoms with Crippen molar-refractivity contribution < 1.29 is 4.79 Å². The van der Waals surface area contributed by atoms with Crippen LogP contribution in [-0.2, 0) is 30.8 Å². The summed E-state index contributed by atoms with van der Waals surface area (Å²) in [4.78, 5) is 25.7. The van der Waals surface area contributed by atoms with Gasteiger partial charge in [0.15, 0.2) is 0 Å². The third kappa shape index (κ3) is 5.70. The number of hydrogen-bond donors (Lipinski definition) is 1. The second-order valence-electron chi connectivity index (χ2n) is 9.28. The van der Waals surface area contributed by atoms with E-state index in [2.05, 4.69) is 45.2 Å². The molecule has 0 saturated carbocycles. The van der Waals surface area contributed by atoms with Gasteiger partial charge >= 0.3 is 0 Å². The van der Waals surface area contributed by atoms with Gasteiger partial charge in [0.1, 0.15) is 5.82 Å². The second kappa shape index (κ2) is 11.0. The number of H-pyrrole nitrogens is 1. The lowest BCUT2D eigenvalue weighted by atomic mass is 10.1. The zero-order valence-electron chi connectivity index (χ0n) is 20.2. The van der Waals surface area contributed by atoms with Crippen LogP contribution in [0.3, 0.4) is 0 Å². The standard InChI is InChI=1S/C30H29N5O/c31-18-24-13-11-23(12-14-24)17-29-32-19-27(33-29)22-35(21-26-9-5-2-6-10-26)28-15-16-34(30(28)36)20-25-7-3-1-4-8-25/h1-14,19,28H,15-17,20-22H2,(H,32,33). The van der Waals surface area contributed by atoms with Crippen molar-refractivity contribution in [2.24, 2.45) is 0 Å². The highest BCUT2D eigenvalue weighted by Gasteiger charge is 2.36. The van der Waals surface area contributed by atoms with Crippen LogP contribution in [0.25, 0.3) is 0 Å². The highest BCUT2D eigenvalue weighted by atomic mass is 16.2. The molecular formula is C30H29N5O. The normalized spacial score (nSPS) is 15.4. The van der Waals surface area contributed by atoms with Gasteiger partial charge in [0.25, 0.3) is 0 Å². The Morgan fingerprint density at radius 1 is 0.917 bits per heavy atom. The molecule has 5 rings (SSSR count). The SMILES string of the molecule is N#Cc1ccc(Cc2ncc(CN(Cc3ccccc3)C3CCN(Cc4ccccc4)C3=O)[nH]2)cc1. The molecule has 1 fully saturated rings. The number of nitriles is 1. The van der Waals surface area contributed by atoms with Gasteiger partial charge in [-0.15, -0.1) is 0 Å². The Hall–Kier alpha value is -4.21. The summed E-state index contributed by atoms with van der Waals surface area (Å²) in [7, 11) is 0. The van der Waals surface area contributed by atoms with Gasteiger partial charge in [-0.2, -0.15) is 5.26 Å². The molecule has 1 aliphatic heterocycles. The molecule has 1 unspecified atom stereocenters. The molecule has 6 nitrogen and oxygen atoms in total. The number of carbonyl (C=O) groups excluding carboxylic acids is 1. The van der Waals surface area contributed by atoms with Crippen LogP contribution < -0.4 is 0 Å². The van der Waals surface area contributed by atoms with E-state index in [1.807, 2.05) is 71.8 Å². The fraction of sp³-hybridized carbons (Fsp3) is 0.233. The molecule has 4 aromatic rings. The molecule has 0 aliphatic carbocycles. The van der Waals surface area contributed by atoms with Crippen molar-refractivity contribution in [2.45, 2.75) is 38.5 Å². The molecule has 0 radical (unpaired) electrons. The monoisotopic (exact) mass is 475 g/mol. The Morgan fingerprint density at radius 2 is 1.61 bits per heavy atom. The van der Waals surface area contributed by atoms with Crippen molar-refractivity contribution in [3.05, 3.63) is 125 Å². The van der Waals surface area contributed by atoms with E-state index in [0.717, 1.165) is 35.6 Å². The molecule has 6 heteroatoms. The molecule has 1 saturated heterocycles. The number of rotatable bonds is 9. The number of imidazole rings is 1. The number of nitrogens with zero attached hydrogens (tertiary/aromatic N) is 4. The lowest BCUT2D eigenvalue weighted by Crippen LogP contribution is -2.41. The van der Waals surface area contributed by atoms with Crippen molar-refractivity contribution in [2.75, 3.05) is 6.54 Å².